The fourth-order valence-electron chi connectivity index (χ4n) is 2.05. The summed E-state index contributed by atoms with van der Waals surface area (Å²) in [5.41, 5.74) is -0.159. The second-order valence-corrected chi connectivity index (χ2v) is 4.84. The van der Waals surface area contributed by atoms with Crippen LogP contribution in [-0.2, 0) is 4.79 Å². The highest BCUT2D eigenvalue weighted by atomic mass is 16.1. The van der Waals surface area contributed by atoms with Gasteiger partial charge in [0.15, 0.2) is 0 Å². The van der Waals surface area contributed by atoms with Gasteiger partial charge in [0.25, 0.3) is 0 Å². The van der Waals surface area contributed by atoms with Crippen molar-refractivity contribution in [3.63, 3.8) is 0 Å². The van der Waals surface area contributed by atoms with Gasteiger partial charge in [-0.25, -0.2) is 0 Å². The lowest BCUT2D eigenvalue weighted by molar-refractivity contribution is -0.117. The predicted molar refractivity (Wildman–Crippen MR) is 66.1 cm³/mol. The quantitative estimate of drug-likeness (QED) is 0.577. The van der Waals surface area contributed by atoms with Crippen LogP contribution >= 0.6 is 0 Å². The third-order valence-corrected chi connectivity index (χ3v) is 3.29. The van der Waals surface area contributed by atoms with Crippen LogP contribution in [-0.4, -0.2) is 30.3 Å². The van der Waals surface area contributed by atoms with Crippen molar-refractivity contribution < 1.29 is 4.79 Å². The topological polar surface area (TPSA) is 20.3 Å². The molecule has 2 heteroatoms. The molecule has 0 aliphatic rings. The Hall–Kier alpha value is -0.370. The number of hydrogen-bond donors (Lipinski definition) is 0. The van der Waals surface area contributed by atoms with Gasteiger partial charge in [-0.2, -0.15) is 0 Å². The van der Waals surface area contributed by atoms with Crippen molar-refractivity contribution in [1.82, 2.24) is 4.90 Å². The van der Waals surface area contributed by atoms with Gasteiger partial charge in [-0.1, -0.05) is 34.1 Å². The molecule has 2 nitrogen and oxygen atoms in total. The molecule has 0 saturated carbocycles. The zero-order chi connectivity index (χ0) is 11.9. The van der Waals surface area contributed by atoms with E-state index in [0.29, 0.717) is 6.04 Å². The predicted octanol–water partition coefficient (Wildman–Crippen LogP) is 3.11. The molecule has 2 atom stereocenters. The number of nitrogens with zero attached hydrogens (tertiary/aromatic N) is 1. The SMILES string of the molecule is CCCC(C)(C=O)CN(CC)C(C)CC. The summed E-state index contributed by atoms with van der Waals surface area (Å²) in [7, 11) is 0. The lowest BCUT2D eigenvalue weighted by atomic mass is 9.86. The number of rotatable bonds is 8. The Morgan fingerprint density at radius 2 is 1.93 bits per heavy atom. The van der Waals surface area contributed by atoms with Gasteiger partial charge in [0.05, 0.1) is 0 Å². The highest BCUT2D eigenvalue weighted by molar-refractivity contribution is 5.59. The van der Waals surface area contributed by atoms with E-state index in [9.17, 15) is 4.79 Å². The van der Waals surface area contributed by atoms with Crippen LogP contribution in [0.25, 0.3) is 0 Å². The van der Waals surface area contributed by atoms with Crippen LogP contribution < -0.4 is 0 Å². The van der Waals surface area contributed by atoms with Gasteiger partial charge in [-0.05, 0) is 26.3 Å². The number of carbonyl (C=O) groups is 1. The van der Waals surface area contributed by atoms with E-state index in [4.69, 9.17) is 0 Å². The zero-order valence-corrected chi connectivity index (χ0v) is 11.0. The van der Waals surface area contributed by atoms with Gasteiger partial charge < -0.3 is 4.79 Å². The first-order valence-electron chi connectivity index (χ1n) is 6.23. The highest BCUT2D eigenvalue weighted by Gasteiger charge is 2.26. The second kappa shape index (κ2) is 7.00. The summed E-state index contributed by atoms with van der Waals surface area (Å²) >= 11 is 0. The second-order valence-electron chi connectivity index (χ2n) is 4.84. The van der Waals surface area contributed by atoms with E-state index < -0.39 is 0 Å². The molecule has 0 fully saturated rings. The summed E-state index contributed by atoms with van der Waals surface area (Å²) in [6.07, 6.45) is 4.35. The molecule has 0 heterocycles. The van der Waals surface area contributed by atoms with Crippen molar-refractivity contribution in [3.05, 3.63) is 0 Å². The molecular formula is C13H27NO. The minimum absolute atomic E-state index is 0.159. The van der Waals surface area contributed by atoms with Crippen molar-refractivity contribution in [2.24, 2.45) is 5.41 Å². The lowest BCUT2D eigenvalue weighted by Gasteiger charge is -2.34. The van der Waals surface area contributed by atoms with Gasteiger partial charge >= 0.3 is 0 Å². The molecule has 0 aliphatic carbocycles. The maximum Gasteiger partial charge on any atom is 0.127 e. The van der Waals surface area contributed by atoms with Crippen molar-refractivity contribution in [3.8, 4) is 0 Å². The van der Waals surface area contributed by atoms with Gasteiger partial charge in [0.2, 0.25) is 0 Å². The maximum atomic E-state index is 11.2. The largest absolute Gasteiger partial charge is 0.303 e. The molecule has 0 aliphatic heterocycles. The molecule has 0 aromatic heterocycles. The fraction of sp³-hybridized carbons (Fsp3) is 0.923. The molecule has 0 aromatic rings. The van der Waals surface area contributed by atoms with E-state index >= 15 is 0 Å². The Balaban J connectivity index is 4.41. The van der Waals surface area contributed by atoms with Crippen molar-refractivity contribution >= 4 is 6.29 Å². The highest BCUT2D eigenvalue weighted by Crippen LogP contribution is 2.23. The van der Waals surface area contributed by atoms with E-state index in [2.05, 4.69) is 39.5 Å². The van der Waals surface area contributed by atoms with Crippen LogP contribution in [0.5, 0.6) is 0 Å². The first-order valence-corrected chi connectivity index (χ1v) is 6.23. The first kappa shape index (κ1) is 14.6. The van der Waals surface area contributed by atoms with E-state index in [0.717, 1.165) is 38.6 Å². The lowest BCUT2D eigenvalue weighted by Crippen LogP contribution is -2.41. The summed E-state index contributed by atoms with van der Waals surface area (Å²) in [4.78, 5) is 13.6. The summed E-state index contributed by atoms with van der Waals surface area (Å²) < 4.78 is 0. The van der Waals surface area contributed by atoms with Crippen molar-refractivity contribution in [2.45, 2.75) is 59.9 Å². The van der Waals surface area contributed by atoms with Crippen LogP contribution in [0.2, 0.25) is 0 Å². The summed E-state index contributed by atoms with van der Waals surface area (Å²) in [6.45, 7) is 12.8. The molecule has 0 saturated heterocycles. The standard InChI is InChI=1S/C13H27NO/c1-6-9-13(5,11-15)10-14(8-3)12(4)7-2/h11-12H,6-10H2,1-5H3. The van der Waals surface area contributed by atoms with E-state index in [1.54, 1.807) is 0 Å². The molecular weight excluding hydrogens is 186 g/mol. The molecule has 0 amide bonds. The van der Waals surface area contributed by atoms with E-state index in [1.807, 2.05) is 0 Å². The van der Waals surface area contributed by atoms with E-state index in [-0.39, 0.29) is 5.41 Å². The Morgan fingerprint density at radius 3 is 2.27 bits per heavy atom. The minimum Gasteiger partial charge on any atom is -0.303 e. The van der Waals surface area contributed by atoms with Gasteiger partial charge in [-0.15, -0.1) is 0 Å². The molecule has 2 unspecified atom stereocenters. The smallest absolute Gasteiger partial charge is 0.127 e. The molecule has 0 N–H and O–H groups in total. The minimum atomic E-state index is -0.159. The molecule has 0 rings (SSSR count). The molecule has 0 spiro atoms. The number of carbonyl (C=O) groups excluding carboxylic acids is 1. The maximum absolute atomic E-state index is 11.2. The Labute approximate surface area is 95.0 Å². The number of hydrogen-bond acceptors (Lipinski definition) is 2. The van der Waals surface area contributed by atoms with Crippen LogP contribution in [0.1, 0.15) is 53.9 Å². The van der Waals surface area contributed by atoms with Crippen LogP contribution in [0, 0.1) is 5.41 Å². The third-order valence-electron chi connectivity index (χ3n) is 3.29. The Morgan fingerprint density at radius 1 is 1.33 bits per heavy atom. The summed E-state index contributed by atoms with van der Waals surface area (Å²) in [6, 6.07) is 0.575. The first-order chi connectivity index (χ1) is 7.02. The van der Waals surface area contributed by atoms with Crippen LogP contribution in [0.3, 0.4) is 0 Å². The summed E-state index contributed by atoms with van der Waals surface area (Å²) in [5, 5.41) is 0. The zero-order valence-electron chi connectivity index (χ0n) is 11.0. The van der Waals surface area contributed by atoms with Crippen molar-refractivity contribution in [1.29, 1.82) is 0 Å². The van der Waals surface area contributed by atoms with Gasteiger partial charge in [0, 0.05) is 18.0 Å². The monoisotopic (exact) mass is 213 g/mol. The molecule has 0 radical (unpaired) electrons. The third kappa shape index (κ3) is 4.78. The average molecular weight is 213 g/mol. The molecule has 0 bridgehead atoms. The molecule has 15 heavy (non-hydrogen) atoms. The fourth-order valence-corrected chi connectivity index (χ4v) is 2.05. The van der Waals surface area contributed by atoms with Crippen LogP contribution in [0.4, 0.5) is 0 Å². The van der Waals surface area contributed by atoms with Crippen LogP contribution in [0.15, 0.2) is 0 Å². The van der Waals surface area contributed by atoms with Gasteiger partial charge in [0.1, 0.15) is 6.29 Å². The number of aldehydes is 1. The van der Waals surface area contributed by atoms with Crippen molar-refractivity contribution in [2.75, 3.05) is 13.1 Å². The molecule has 0 aromatic carbocycles. The molecule has 90 valence electrons. The van der Waals surface area contributed by atoms with Gasteiger partial charge in [-0.3, -0.25) is 4.90 Å². The average Bonchev–Trinajstić information content (AvgIpc) is 2.25. The Bertz CT molecular complexity index is 181. The summed E-state index contributed by atoms with van der Waals surface area (Å²) in [5.74, 6) is 0. The normalized spacial score (nSPS) is 17.5. The Kier molecular flexibility index (Phi) is 6.82. The van der Waals surface area contributed by atoms with E-state index in [1.165, 1.54) is 0 Å².